The lowest BCUT2D eigenvalue weighted by Crippen LogP contribution is -2.41. The average Bonchev–Trinajstić information content (AvgIpc) is 2.78. The molecule has 0 saturated carbocycles. The SMILES string of the molecule is Cc1ccc(NC(=O)Cn2c(=O)ncc3cc(S(=O)(=O)N4CCCCC4C)ccc32)cc1F. The second-order valence-corrected chi connectivity index (χ2v) is 10.2. The van der Waals surface area contributed by atoms with Crippen LogP contribution in [0.15, 0.2) is 52.3 Å². The van der Waals surface area contributed by atoms with Crippen LogP contribution in [0.25, 0.3) is 10.9 Å². The lowest BCUT2D eigenvalue weighted by atomic mass is 10.1. The molecule has 1 fully saturated rings. The van der Waals surface area contributed by atoms with Gasteiger partial charge in [-0.2, -0.15) is 4.31 Å². The Labute approximate surface area is 191 Å². The molecule has 1 aliphatic heterocycles. The molecule has 0 aliphatic carbocycles. The molecule has 1 N–H and O–H groups in total. The Kier molecular flexibility index (Phi) is 6.31. The third-order valence-electron chi connectivity index (χ3n) is 5.94. The fourth-order valence-electron chi connectivity index (χ4n) is 4.07. The van der Waals surface area contributed by atoms with Crippen LogP contribution in [0, 0.1) is 12.7 Å². The number of benzene rings is 2. The van der Waals surface area contributed by atoms with Crippen LogP contribution in [0.5, 0.6) is 0 Å². The number of nitrogens with one attached hydrogen (secondary N) is 1. The van der Waals surface area contributed by atoms with Gasteiger partial charge in [0.1, 0.15) is 12.4 Å². The number of amides is 1. The number of fused-ring (bicyclic) bond motifs is 1. The Bertz CT molecular complexity index is 1390. The van der Waals surface area contributed by atoms with E-state index in [0.29, 0.717) is 23.0 Å². The third kappa shape index (κ3) is 4.67. The molecule has 1 aromatic heterocycles. The molecular weight excluding hydrogens is 447 g/mol. The van der Waals surface area contributed by atoms with Crippen LogP contribution in [-0.4, -0.2) is 40.8 Å². The van der Waals surface area contributed by atoms with Crippen LogP contribution in [0.1, 0.15) is 31.7 Å². The molecule has 4 rings (SSSR count). The molecule has 3 aromatic rings. The van der Waals surface area contributed by atoms with E-state index < -0.39 is 27.4 Å². The summed E-state index contributed by atoms with van der Waals surface area (Å²) in [5, 5.41) is 2.99. The normalized spacial score (nSPS) is 17.2. The summed E-state index contributed by atoms with van der Waals surface area (Å²) < 4.78 is 42.8. The summed E-state index contributed by atoms with van der Waals surface area (Å²) in [5.41, 5.74) is 0.458. The van der Waals surface area contributed by atoms with Crippen LogP contribution < -0.4 is 11.0 Å². The summed E-state index contributed by atoms with van der Waals surface area (Å²) >= 11 is 0. The fraction of sp³-hybridized carbons (Fsp3) is 0.348. The summed E-state index contributed by atoms with van der Waals surface area (Å²) in [7, 11) is -3.69. The minimum Gasteiger partial charge on any atom is -0.324 e. The molecule has 0 radical (unpaired) electrons. The maximum atomic E-state index is 13.8. The van der Waals surface area contributed by atoms with Crippen LogP contribution in [0.3, 0.4) is 0 Å². The highest BCUT2D eigenvalue weighted by Gasteiger charge is 2.31. The van der Waals surface area contributed by atoms with E-state index >= 15 is 0 Å². The highest BCUT2D eigenvalue weighted by Crippen LogP contribution is 2.27. The van der Waals surface area contributed by atoms with Gasteiger partial charge in [0.15, 0.2) is 0 Å². The van der Waals surface area contributed by atoms with Gasteiger partial charge in [-0.1, -0.05) is 12.5 Å². The van der Waals surface area contributed by atoms with Crippen molar-refractivity contribution in [3.8, 4) is 0 Å². The molecule has 1 unspecified atom stereocenters. The summed E-state index contributed by atoms with van der Waals surface area (Å²) in [6.07, 6.45) is 3.94. The fourth-order valence-corrected chi connectivity index (χ4v) is 5.81. The molecule has 1 amide bonds. The van der Waals surface area contributed by atoms with Gasteiger partial charge >= 0.3 is 5.69 Å². The van der Waals surface area contributed by atoms with Crippen molar-refractivity contribution in [3.05, 3.63) is 64.5 Å². The molecule has 174 valence electrons. The smallest absolute Gasteiger partial charge is 0.324 e. The number of hydrogen-bond acceptors (Lipinski definition) is 5. The molecule has 0 bridgehead atoms. The Morgan fingerprint density at radius 2 is 2.00 bits per heavy atom. The van der Waals surface area contributed by atoms with Gasteiger partial charge in [-0.15, -0.1) is 0 Å². The minimum atomic E-state index is -3.69. The number of aromatic nitrogens is 2. The first-order chi connectivity index (χ1) is 15.7. The molecule has 1 aliphatic rings. The van der Waals surface area contributed by atoms with E-state index in [1.807, 2.05) is 6.92 Å². The van der Waals surface area contributed by atoms with E-state index in [0.717, 1.165) is 23.8 Å². The zero-order chi connectivity index (χ0) is 23.8. The quantitative estimate of drug-likeness (QED) is 0.615. The highest BCUT2D eigenvalue weighted by molar-refractivity contribution is 7.89. The van der Waals surface area contributed by atoms with Crippen molar-refractivity contribution < 1.29 is 17.6 Å². The van der Waals surface area contributed by atoms with Gasteiger partial charge in [0.25, 0.3) is 0 Å². The van der Waals surface area contributed by atoms with Gasteiger partial charge < -0.3 is 5.32 Å². The van der Waals surface area contributed by atoms with Crippen LogP contribution in [0.4, 0.5) is 10.1 Å². The van der Waals surface area contributed by atoms with Crippen molar-refractivity contribution in [1.82, 2.24) is 13.9 Å². The number of sulfonamides is 1. The van der Waals surface area contributed by atoms with Gasteiger partial charge in [0.05, 0.1) is 10.4 Å². The maximum absolute atomic E-state index is 13.8. The molecule has 1 saturated heterocycles. The maximum Gasteiger partial charge on any atom is 0.348 e. The Hall–Kier alpha value is -3.11. The van der Waals surface area contributed by atoms with Crippen LogP contribution in [-0.2, 0) is 21.4 Å². The predicted octanol–water partition coefficient (Wildman–Crippen LogP) is 3.05. The van der Waals surface area contributed by atoms with Crippen LogP contribution >= 0.6 is 0 Å². The molecule has 1 atom stereocenters. The Morgan fingerprint density at radius 3 is 2.73 bits per heavy atom. The third-order valence-corrected chi connectivity index (χ3v) is 7.95. The number of rotatable bonds is 5. The number of carbonyl (C=O) groups excluding carboxylic acids is 1. The van der Waals surface area contributed by atoms with Crippen molar-refractivity contribution in [2.45, 2.75) is 50.6 Å². The predicted molar refractivity (Wildman–Crippen MR) is 123 cm³/mol. The number of piperidine rings is 1. The minimum absolute atomic E-state index is 0.0816. The van der Waals surface area contributed by atoms with Crippen LogP contribution in [0.2, 0.25) is 0 Å². The average molecular weight is 473 g/mol. The summed E-state index contributed by atoms with van der Waals surface area (Å²) in [6, 6.07) is 8.67. The number of hydrogen-bond donors (Lipinski definition) is 1. The van der Waals surface area contributed by atoms with E-state index in [1.165, 1.54) is 34.8 Å². The van der Waals surface area contributed by atoms with E-state index in [1.54, 1.807) is 19.1 Å². The Balaban J connectivity index is 1.63. The summed E-state index contributed by atoms with van der Waals surface area (Å²) in [4.78, 5) is 28.8. The zero-order valence-electron chi connectivity index (χ0n) is 18.4. The monoisotopic (exact) mass is 472 g/mol. The topological polar surface area (TPSA) is 101 Å². The second kappa shape index (κ2) is 9.03. The van der Waals surface area contributed by atoms with Crippen molar-refractivity contribution in [1.29, 1.82) is 0 Å². The molecule has 33 heavy (non-hydrogen) atoms. The first-order valence-corrected chi connectivity index (χ1v) is 12.2. The van der Waals surface area contributed by atoms with Gasteiger partial charge in [-0.05, 0) is 62.6 Å². The molecule has 10 heteroatoms. The van der Waals surface area contributed by atoms with Gasteiger partial charge in [-0.3, -0.25) is 9.36 Å². The van der Waals surface area contributed by atoms with E-state index in [-0.39, 0.29) is 23.2 Å². The van der Waals surface area contributed by atoms with E-state index in [4.69, 9.17) is 0 Å². The van der Waals surface area contributed by atoms with Crippen molar-refractivity contribution in [3.63, 3.8) is 0 Å². The van der Waals surface area contributed by atoms with Crippen molar-refractivity contribution >= 4 is 32.5 Å². The standard InChI is InChI=1S/C23H25FN4O4S/c1-15-6-7-18(12-20(15)24)26-22(29)14-27-21-9-8-19(11-17(21)13-25-23(27)30)33(31,32)28-10-4-3-5-16(28)2/h6-9,11-13,16H,3-5,10,14H2,1-2H3,(H,26,29). The first kappa shape index (κ1) is 23.1. The highest BCUT2D eigenvalue weighted by atomic mass is 32.2. The zero-order valence-corrected chi connectivity index (χ0v) is 19.2. The summed E-state index contributed by atoms with van der Waals surface area (Å²) in [5.74, 6) is -0.984. The van der Waals surface area contributed by atoms with Crippen molar-refractivity contribution in [2.75, 3.05) is 11.9 Å². The molecule has 2 heterocycles. The van der Waals surface area contributed by atoms with E-state index in [2.05, 4.69) is 10.3 Å². The number of halogens is 1. The van der Waals surface area contributed by atoms with E-state index in [9.17, 15) is 22.4 Å². The molecule has 2 aromatic carbocycles. The summed E-state index contributed by atoms with van der Waals surface area (Å²) in [6.45, 7) is 3.63. The second-order valence-electron chi connectivity index (χ2n) is 8.32. The Morgan fingerprint density at radius 1 is 1.21 bits per heavy atom. The van der Waals surface area contributed by atoms with Gasteiger partial charge in [0.2, 0.25) is 15.9 Å². The molecule has 8 nitrogen and oxygen atoms in total. The lowest BCUT2D eigenvalue weighted by molar-refractivity contribution is -0.116. The van der Waals surface area contributed by atoms with Gasteiger partial charge in [-0.25, -0.2) is 22.6 Å². The number of aryl methyl sites for hydroxylation is 1. The lowest BCUT2D eigenvalue weighted by Gasteiger charge is -2.32. The van der Waals surface area contributed by atoms with Gasteiger partial charge in [0, 0.05) is 29.9 Å². The molecular formula is C23H25FN4O4S. The van der Waals surface area contributed by atoms with Crippen molar-refractivity contribution in [2.24, 2.45) is 0 Å². The number of carbonyl (C=O) groups is 1. The largest absolute Gasteiger partial charge is 0.348 e. The number of nitrogens with zero attached hydrogens (tertiary/aromatic N) is 3. The number of anilines is 1. The molecule has 0 spiro atoms. The first-order valence-electron chi connectivity index (χ1n) is 10.7.